The van der Waals surface area contributed by atoms with E-state index in [1.54, 1.807) is 37.3 Å². The van der Waals surface area contributed by atoms with Crippen molar-refractivity contribution in [3.63, 3.8) is 0 Å². The molecule has 0 saturated carbocycles. The van der Waals surface area contributed by atoms with Crippen LogP contribution >= 0.6 is 0 Å². The quantitative estimate of drug-likeness (QED) is 0.857. The van der Waals surface area contributed by atoms with Crippen molar-refractivity contribution in [2.75, 3.05) is 0 Å². The summed E-state index contributed by atoms with van der Waals surface area (Å²) in [6, 6.07) is 17.8. The minimum absolute atomic E-state index is 0.120. The van der Waals surface area contributed by atoms with E-state index in [2.05, 4.69) is 17.1 Å². The smallest absolute Gasteiger partial charge is 0.248 e. The van der Waals surface area contributed by atoms with E-state index in [1.807, 2.05) is 6.07 Å². The third kappa shape index (κ3) is 3.62. The molecule has 0 radical (unpaired) electrons. The van der Waals surface area contributed by atoms with Gasteiger partial charge in [0, 0.05) is 22.8 Å². The zero-order valence-corrected chi connectivity index (χ0v) is 15.3. The number of primary amides is 1. The van der Waals surface area contributed by atoms with Crippen molar-refractivity contribution in [2.24, 2.45) is 22.6 Å². The van der Waals surface area contributed by atoms with Crippen LogP contribution in [0.25, 0.3) is 5.70 Å². The van der Waals surface area contributed by atoms with Gasteiger partial charge in [-0.2, -0.15) is 10.5 Å². The molecule has 0 bridgehead atoms. The molecule has 0 aliphatic carbocycles. The molecule has 3 rings (SSSR count). The van der Waals surface area contributed by atoms with Crippen molar-refractivity contribution < 1.29 is 9.90 Å². The largest absolute Gasteiger partial charge is 0.508 e. The number of phenols is 1. The fourth-order valence-electron chi connectivity index (χ4n) is 3.42. The molecule has 138 valence electrons. The van der Waals surface area contributed by atoms with Crippen LogP contribution in [0.3, 0.4) is 0 Å². The molecule has 2 unspecified atom stereocenters. The molecule has 2 aromatic rings. The number of amides is 1. The van der Waals surface area contributed by atoms with Gasteiger partial charge in [0.15, 0.2) is 0 Å². The van der Waals surface area contributed by atoms with E-state index < -0.39 is 17.7 Å². The topological polar surface area (TPSA) is 123 Å². The third-order valence-corrected chi connectivity index (χ3v) is 4.83. The number of nitrogens with zero attached hydrogens (tertiary/aromatic N) is 3. The number of carbonyl (C=O) groups excluding carboxylic acids is 1. The van der Waals surface area contributed by atoms with E-state index >= 15 is 0 Å². The average molecular weight is 370 g/mol. The van der Waals surface area contributed by atoms with Gasteiger partial charge >= 0.3 is 0 Å². The second-order valence-electron chi connectivity index (χ2n) is 6.66. The molecule has 28 heavy (non-hydrogen) atoms. The Hall–Kier alpha value is -3.90. The van der Waals surface area contributed by atoms with Crippen molar-refractivity contribution in [1.82, 2.24) is 0 Å². The molecule has 6 nitrogen and oxygen atoms in total. The maximum atomic E-state index is 11.5. The van der Waals surface area contributed by atoms with Crippen molar-refractivity contribution in [3.8, 4) is 17.9 Å². The van der Waals surface area contributed by atoms with Crippen molar-refractivity contribution in [2.45, 2.75) is 13.3 Å². The lowest BCUT2D eigenvalue weighted by Gasteiger charge is -2.27. The summed E-state index contributed by atoms with van der Waals surface area (Å²) in [5, 5.41) is 29.1. The van der Waals surface area contributed by atoms with E-state index in [0.717, 1.165) is 5.56 Å². The number of hydrogen-bond acceptors (Lipinski definition) is 5. The predicted octanol–water partition coefficient (Wildman–Crippen LogP) is 3.20. The lowest BCUT2D eigenvalue weighted by Crippen LogP contribution is -2.28. The maximum absolute atomic E-state index is 11.5. The zero-order valence-electron chi connectivity index (χ0n) is 15.3. The van der Waals surface area contributed by atoms with Gasteiger partial charge in [-0.15, -0.1) is 0 Å². The van der Waals surface area contributed by atoms with E-state index in [1.165, 1.54) is 12.1 Å². The number of nitriles is 2. The molecule has 0 spiro atoms. The maximum Gasteiger partial charge on any atom is 0.248 e. The van der Waals surface area contributed by atoms with Gasteiger partial charge in [0.1, 0.15) is 5.75 Å². The minimum atomic E-state index is -0.548. The Kier molecular flexibility index (Phi) is 5.24. The fourth-order valence-corrected chi connectivity index (χ4v) is 3.42. The Morgan fingerprint density at radius 1 is 1.21 bits per heavy atom. The summed E-state index contributed by atoms with van der Waals surface area (Å²) in [4.78, 5) is 16.0. The summed E-state index contributed by atoms with van der Waals surface area (Å²) in [7, 11) is 0. The summed E-state index contributed by atoms with van der Waals surface area (Å²) < 4.78 is 0. The Balaban J connectivity index is 2.09. The van der Waals surface area contributed by atoms with Gasteiger partial charge in [0.05, 0.1) is 29.3 Å². The Morgan fingerprint density at radius 2 is 1.93 bits per heavy atom. The first-order chi connectivity index (χ1) is 13.4. The van der Waals surface area contributed by atoms with Gasteiger partial charge in [-0.3, -0.25) is 9.79 Å². The zero-order chi connectivity index (χ0) is 20.3. The van der Waals surface area contributed by atoms with Crippen LogP contribution in [0, 0.1) is 34.5 Å². The number of carbonyl (C=O) groups is 1. The monoisotopic (exact) mass is 370 g/mol. The van der Waals surface area contributed by atoms with Crippen LogP contribution < -0.4 is 5.73 Å². The number of hydrogen-bond donors (Lipinski definition) is 2. The van der Waals surface area contributed by atoms with Crippen LogP contribution in [0.2, 0.25) is 0 Å². The molecule has 0 aromatic heterocycles. The molecule has 1 amide bonds. The normalized spacial score (nSPS) is 18.8. The van der Waals surface area contributed by atoms with Crippen molar-refractivity contribution in [1.29, 1.82) is 10.5 Å². The summed E-state index contributed by atoms with van der Waals surface area (Å²) in [5.41, 5.74) is 8.79. The van der Waals surface area contributed by atoms with Gasteiger partial charge < -0.3 is 10.8 Å². The van der Waals surface area contributed by atoms with E-state index in [0.29, 0.717) is 34.5 Å². The molecule has 1 heterocycles. The fraction of sp³-hybridized carbons (Fsp3) is 0.182. The SMILES string of the molecule is CC1=NC(c2ccc(O)cc2)=C(C#N)C(Cc2cccc(C(N)=O)c2)C1C#N. The molecule has 3 N–H and O–H groups in total. The Morgan fingerprint density at radius 3 is 2.54 bits per heavy atom. The highest BCUT2D eigenvalue weighted by molar-refractivity contribution is 5.96. The molecule has 1 aliphatic heterocycles. The number of allylic oxidation sites excluding steroid dienone is 1. The predicted molar refractivity (Wildman–Crippen MR) is 105 cm³/mol. The average Bonchev–Trinajstić information content (AvgIpc) is 2.68. The molecule has 2 atom stereocenters. The van der Waals surface area contributed by atoms with Crippen molar-refractivity contribution >= 4 is 17.3 Å². The van der Waals surface area contributed by atoms with Crippen LogP contribution in [0.4, 0.5) is 0 Å². The number of phenolic OH excluding ortho intramolecular Hbond substituents is 1. The molecular weight excluding hydrogens is 352 g/mol. The number of benzene rings is 2. The molecule has 6 heteroatoms. The first kappa shape index (κ1) is 18.9. The van der Waals surface area contributed by atoms with Gasteiger partial charge in [0.25, 0.3) is 0 Å². The van der Waals surface area contributed by atoms with Crippen LogP contribution in [0.15, 0.2) is 59.1 Å². The highest BCUT2D eigenvalue weighted by Gasteiger charge is 2.34. The molecular formula is C22H18N4O2. The van der Waals surface area contributed by atoms with Crippen LogP contribution in [0.5, 0.6) is 5.75 Å². The summed E-state index contributed by atoms with van der Waals surface area (Å²) >= 11 is 0. The molecule has 0 saturated heterocycles. The number of rotatable bonds is 4. The van der Waals surface area contributed by atoms with Gasteiger partial charge in [-0.1, -0.05) is 12.1 Å². The Bertz CT molecular complexity index is 1070. The van der Waals surface area contributed by atoms with Crippen LogP contribution in [-0.2, 0) is 6.42 Å². The standard InChI is InChI=1S/C22H18N4O2/c1-13-19(11-23)18(10-14-3-2-4-16(9-14)22(25)28)20(12-24)21(26-13)15-5-7-17(27)8-6-15/h2-9,18-19,27H,10H2,1H3,(H2,25,28). The summed E-state index contributed by atoms with van der Waals surface area (Å²) in [5.74, 6) is -1.36. The molecule has 2 aromatic carbocycles. The highest BCUT2D eigenvalue weighted by Crippen LogP contribution is 2.37. The van der Waals surface area contributed by atoms with Gasteiger partial charge in [-0.05, 0) is 55.3 Å². The van der Waals surface area contributed by atoms with Crippen LogP contribution in [0.1, 0.15) is 28.4 Å². The van der Waals surface area contributed by atoms with Crippen molar-refractivity contribution in [3.05, 3.63) is 70.8 Å². The lowest BCUT2D eigenvalue weighted by molar-refractivity contribution is 0.1000. The van der Waals surface area contributed by atoms with E-state index in [4.69, 9.17) is 5.73 Å². The lowest BCUT2D eigenvalue weighted by atomic mass is 9.76. The highest BCUT2D eigenvalue weighted by atomic mass is 16.3. The molecule has 1 aliphatic rings. The third-order valence-electron chi connectivity index (χ3n) is 4.83. The number of nitrogens with two attached hydrogens (primary N) is 1. The van der Waals surface area contributed by atoms with Crippen LogP contribution in [-0.4, -0.2) is 16.7 Å². The second kappa shape index (κ2) is 7.77. The van der Waals surface area contributed by atoms with E-state index in [-0.39, 0.29) is 5.75 Å². The van der Waals surface area contributed by atoms with Gasteiger partial charge in [-0.25, -0.2) is 0 Å². The first-order valence-electron chi connectivity index (χ1n) is 8.71. The Labute approximate surface area is 162 Å². The number of aromatic hydroxyl groups is 1. The summed E-state index contributed by atoms with van der Waals surface area (Å²) in [6.07, 6.45) is 0.399. The second-order valence-corrected chi connectivity index (χ2v) is 6.66. The number of aliphatic imine (C=N–C) groups is 1. The van der Waals surface area contributed by atoms with Gasteiger partial charge in [0.2, 0.25) is 5.91 Å². The van der Waals surface area contributed by atoms with E-state index in [9.17, 15) is 20.4 Å². The first-order valence-corrected chi connectivity index (χ1v) is 8.71. The summed E-state index contributed by atoms with van der Waals surface area (Å²) in [6.45, 7) is 1.77. The molecule has 0 fully saturated rings. The minimum Gasteiger partial charge on any atom is -0.508 e.